The Hall–Kier alpha value is -4.17. The minimum absolute atomic E-state index is 0.0260. The largest absolute Gasteiger partial charge is 0.288 e. The Bertz CT molecular complexity index is 1330. The van der Waals surface area contributed by atoms with Gasteiger partial charge in [-0.05, 0) is 30.3 Å². The van der Waals surface area contributed by atoms with E-state index in [0.29, 0.717) is 27.7 Å². The van der Waals surface area contributed by atoms with E-state index in [1.165, 1.54) is 18.3 Å². The van der Waals surface area contributed by atoms with Crippen molar-refractivity contribution in [1.29, 1.82) is 0 Å². The molecule has 0 bridgehead atoms. The number of para-hydroxylation sites is 1. The number of nitro groups is 1. The number of nitrogens with zero attached hydrogens (tertiary/aromatic N) is 4. The highest BCUT2D eigenvalue weighted by molar-refractivity contribution is 6.32. The van der Waals surface area contributed by atoms with Gasteiger partial charge in [0.05, 0.1) is 27.9 Å². The number of rotatable bonds is 5. The van der Waals surface area contributed by atoms with Gasteiger partial charge < -0.3 is 0 Å². The standard InChI is InChI=1S/C22H14ClN5O3/c23-18-6-5-14(11-21(18)28(30)31)13-25-27-22(29)17-12-20(15-7-9-24-10-8-15)26-19-4-2-1-3-16(17)19/h1-13H,(H,27,29)/b25-13+. The third kappa shape index (κ3) is 4.39. The number of nitrogens with one attached hydrogen (secondary N) is 1. The normalized spacial score (nSPS) is 11.0. The molecule has 1 amide bonds. The smallest absolute Gasteiger partial charge is 0.267 e. The molecule has 0 unspecified atom stereocenters. The van der Waals surface area contributed by atoms with Gasteiger partial charge in [-0.2, -0.15) is 5.10 Å². The Balaban J connectivity index is 1.64. The molecule has 0 aliphatic heterocycles. The van der Waals surface area contributed by atoms with Crippen LogP contribution in [0.1, 0.15) is 15.9 Å². The van der Waals surface area contributed by atoms with E-state index in [2.05, 4.69) is 20.5 Å². The number of carbonyl (C=O) groups excluding carboxylic acids is 1. The molecule has 0 aliphatic rings. The summed E-state index contributed by atoms with van der Waals surface area (Å²) in [4.78, 5) is 31.9. The second-order valence-electron chi connectivity index (χ2n) is 6.48. The summed E-state index contributed by atoms with van der Waals surface area (Å²) >= 11 is 5.81. The number of amides is 1. The summed E-state index contributed by atoms with van der Waals surface area (Å²) < 4.78 is 0. The fraction of sp³-hybridized carbons (Fsp3) is 0. The second kappa shape index (κ2) is 8.68. The number of hydrogen-bond acceptors (Lipinski definition) is 6. The van der Waals surface area contributed by atoms with Gasteiger partial charge in [-0.1, -0.05) is 35.9 Å². The molecule has 31 heavy (non-hydrogen) atoms. The zero-order chi connectivity index (χ0) is 21.8. The van der Waals surface area contributed by atoms with Crippen molar-refractivity contribution >= 4 is 40.3 Å². The fourth-order valence-electron chi connectivity index (χ4n) is 3.01. The number of aromatic nitrogens is 2. The van der Waals surface area contributed by atoms with Gasteiger partial charge in [0.1, 0.15) is 5.02 Å². The molecule has 0 saturated heterocycles. The van der Waals surface area contributed by atoms with E-state index < -0.39 is 10.8 Å². The van der Waals surface area contributed by atoms with Crippen molar-refractivity contribution in [1.82, 2.24) is 15.4 Å². The Labute approximate surface area is 181 Å². The Morgan fingerprint density at radius 1 is 1.10 bits per heavy atom. The lowest BCUT2D eigenvalue weighted by Gasteiger charge is -2.09. The number of hydrogen-bond donors (Lipinski definition) is 1. The van der Waals surface area contributed by atoms with Gasteiger partial charge in [0.2, 0.25) is 0 Å². The molecule has 152 valence electrons. The van der Waals surface area contributed by atoms with E-state index in [1.807, 2.05) is 30.3 Å². The highest BCUT2D eigenvalue weighted by Crippen LogP contribution is 2.25. The number of nitro benzene ring substituents is 1. The lowest BCUT2D eigenvalue weighted by molar-refractivity contribution is -0.384. The number of fused-ring (bicyclic) bond motifs is 1. The molecule has 0 radical (unpaired) electrons. The summed E-state index contributed by atoms with van der Waals surface area (Å²) in [5.41, 5.74) is 5.18. The number of hydrazone groups is 1. The molecule has 2 heterocycles. The van der Waals surface area contributed by atoms with Gasteiger partial charge in [-0.3, -0.25) is 19.9 Å². The van der Waals surface area contributed by atoms with Gasteiger partial charge >= 0.3 is 0 Å². The maximum absolute atomic E-state index is 12.9. The van der Waals surface area contributed by atoms with Crippen LogP contribution in [-0.4, -0.2) is 27.0 Å². The zero-order valence-electron chi connectivity index (χ0n) is 15.9. The van der Waals surface area contributed by atoms with Gasteiger partial charge in [0.15, 0.2) is 0 Å². The van der Waals surface area contributed by atoms with Crippen LogP contribution in [0.3, 0.4) is 0 Å². The first-order chi connectivity index (χ1) is 15.0. The van der Waals surface area contributed by atoms with E-state index in [9.17, 15) is 14.9 Å². The number of pyridine rings is 2. The summed E-state index contributed by atoms with van der Waals surface area (Å²) in [6, 6.07) is 16.9. The quantitative estimate of drug-likeness (QED) is 0.281. The molecule has 4 aromatic rings. The third-order valence-corrected chi connectivity index (χ3v) is 4.80. The highest BCUT2D eigenvalue weighted by Gasteiger charge is 2.14. The van der Waals surface area contributed by atoms with E-state index >= 15 is 0 Å². The first-order valence-corrected chi connectivity index (χ1v) is 9.48. The molecule has 0 fully saturated rings. The van der Waals surface area contributed by atoms with Crippen LogP contribution in [0.2, 0.25) is 5.02 Å². The van der Waals surface area contributed by atoms with E-state index in [4.69, 9.17) is 11.6 Å². The lowest BCUT2D eigenvalue weighted by atomic mass is 10.0. The van der Waals surface area contributed by atoms with Crippen LogP contribution < -0.4 is 5.43 Å². The van der Waals surface area contributed by atoms with Gasteiger partial charge in [-0.15, -0.1) is 0 Å². The molecule has 2 aromatic carbocycles. The van der Waals surface area contributed by atoms with Crippen molar-refractivity contribution in [2.45, 2.75) is 0 Å². The predicted octanol–water partition coefficient (Wildman–Crippen LogP) is 4.62. The molecule has 0 saturated carbocycles. The van der Waals surface area contributed by atoms with Crippen molar-refractivity contribution in [2.75, 3.05) is 0 Å². The lowest BCUT2D eigenvalue weighted by Crippen LogP contribution is -2.18. The van der Waals surface area contributed by atoms with E-state index in [1.54, 1.807) is 30.6 Å². The van der Waals surface area contributed by atoms with Gasteiger partial charge in [0, 0.05) is 35.0 Å². The molecule has 2 aromatic heterocycles. The van der Waals surface area contributed by atoms with Crippen LogP contribution in [0, 0.1) is 10.1 Å². The number of benzene rings is 2. The van der Waals surface area contributed by atoms with Crippen molar-refractivity contribution in [3.63, 3.8) is 0 Å². The Kier molecular flexibility index (Phi) is 5.63. The summed E-state index contributed by atoms with van der Waals surface area (Å²) in [6.07, 6.45) is 4.62. The van der Waals surface area contributed by atoms with Crippen LogP contribution in [-0.2, 0) is 0 Å². The first-order valence-electron chi connectivity index (χ1n) is 9.10. The molecule has 0 spiro atoms. The highest BCUT2D eigenvalue weighted by atomic mass is 35.5. The van der Waals surface area contributed by atoms with Crippen molar-refractivity contribution < 1.29 is 9.72 Å². The van der Waals surface area contributed by atoms with Crippen LogP contribution in [0.5, 0.6) is 0 Å². The van der Waals surface area contributed by atoms with Crippen LogP contribution in [0.4, 0.5) is 5.69 Å². The zero-order valence-corrected chi connectivity index (χ0v) is 16.7. The summed E-state index contributed by atoms with van der Waals surface area (Å²) in [6.45, 7) is 0. The molecular weight excluding hydrogens is 418 g/mol. The maximum atomic E-state index is 12.9. The van der Waals surface area contributed by atoms with E-state index in [-0.39, 0.29) is 10.7 Å². The molecule has 4 rings (SSSR count). The SMILES string of the molecule is O=C(N/N=C/c1ccc(Cl)c([N+](=O)[O-])c1)c1cc(-c2ccncc2)nc2ccccc12. The van der Waals surface area contributed by atoms with Crippen molar-refractivity contribution in [2.24, 2.45) is 5.10 Å². The minimum Gasteiger partial charge on any atom is -0.267 e. The van der Waals surface area contributed by atoms with Gasteiger partial charge in [0.25, 0.3) is 11.6 Å². The molecule has 0 atom stereocenters. The minimum atomic E-state index is -0.581. The first kappa shape index (κ1) is 20.1. The predicted molar refractivity (Wildman–Crippen MR) is 118 cm³/mol. The Morgan fingerprint density at radius 2 is 1.87 bits per heavy atom. The number of halogens is 1. The van der Waals surface area contributed by atoms with Crippen LogP contribution >= 0.6 is 11.6 Å². The third-order valence-electron chi connectivity index (χ3n) is 4.48. The summed E-state index contributed by atoms with van der Waals surface area (Å²) in [7, 11) is 0. The average Bonchev–Trinajstić information content (AvgIpc) is 2.79. The molecule has 1 N–H and O–H groups in total. The fourth-order valence-corrected chi connectivity index (χ4v) is 3.20. The van der Waals surface area contributed by atoms with Crippen LogP contribution in [0.25, 0.3) is 22.2 Å². The van der Waals surface area contributed by atoms with E-state index in [0.717, 1.165) is 5.56 Å². The van der Waals surface area contributed by atoms with Gasteiger partial charge in [-0.25, -0.2) is 10.4 Å². The summed E-state index contributed by atoms with van der Waals surface area (Å²) in [5, 5.41) is 15.7. The van der Waals surface area contributed by atoms with Crippen molar-refractivity contribution in [3.8, 4) is 11.3 Å². The average molecular weight is 432 g/mol. The molecule has 8 nitrogen and oxygen atoms in total. The Morgan fingerprint density at radius 3 is 2.65 bits per heavy atom. The maximum Gasteiger partial charge on any atom is 0.288 e. The number of carbonyl (C=O) groups is 1. The summed E-state index contributed by atoms with van der Waals surface area (Å²) in [5.74, 6) is -0.436. The van der Waals surface area contributed by atoms with Crippen molar-refractivity contribution in [3.05, 3.63) is 99.3 Å². The molecule has 9 heteroatoms. The molecular formula is C22H14ClN5O3. The van der Waals surface area contributed by atoms with Crippen LogP contribution in [0.15, 0.2) is 78.2 Å². The second-order valence-corrected chi connectivity index (χ2v) is 6.88. The monoisotopic (exact) mass is 431 g/mol. The molecule has 0 aliphatic carbocycles. The topological polar surface area (TPSA) is 110 Å².